The normalized spacial score (nSPS) is 12.1. The van der Waals surface area contributed by atoms with Gasteiger partial charge in [0.15, 0.2) is 0 Å². The van der Waals surface area contributed by atoms with E-state index in [0.717, 1.165) is 0 Å². The SMILES string of the molecule is C[SiH](C)CCc1ccc2ccc3cccc4ccc1c2c34. The van der Waals surface area contributed by atoms with Crippen molar-refractivity contribution in [3.63, 3.8) is 0 Å². The Morgan fingerprint density at radius 2 is 1.33 bits per heavy atom. The van der Waals surface area contributed by atoms with Crippen molar-refractivity contribution in [3.05, 3.63) is 60.2 Å². The molecule has 4 rings (SSSR count). The van der Waals surface area contributed by atoms with Crippen LogP contribution in [-0.2, 0) is 6.42 Å². The summed E-state index contributed by atoms with van der Waals surface area (Å²) in [6.45, 7) is 4.88. The Bertz CT molecular complexity index is 905. The fourth-order valence-corrected chi connectivity index (χ4v) is 4.35. The van der Waals surface area contributed by atoms with Gasteiger partial charge in [-0.3, -0.25) is 0 Å². The molecule has 4 aromatic rings. The van der Waals surface area contributed by atoms with Crippen molar-refractivity contribution in [1.29, 1.82) is 0 Å². The van der Waals surface area contributed by atoms with E-state index in [4.69, 9.17) is 0 Å². The average Bonchev–Trinajstić information content (AvgIpc) is 2.51. The Kier molecular flexibility index (Phi) is 2.97. The van der Waals surface area contributed by atoms with Crippen molar-refractivity contribution >= 4 is 41.1 Å². The zero-order chi connectivity index (χ0) is 14.4. The summed E-state index contributed by atoms with van der Waals surface area (Å²) >= 11 is 0. The van der Waals surface area contributed by atoms with Gasteiger partial charge in [0.2, 0.25) is 0 Å². The second kappa shape index (κ2) is 4.85. The minimum Gasteiger partial charge on any atom is -0.0722 e. The molecule has 0 heterocycles. The molecule has 0 amide bonds. The molecule has 0 aliphatic carbocycles. The van der Waals surface area contributed by atoms with Gasteiger partial charge < -0.3 is 0 Å². The van der Waals surface area contributed by atoms with Crippen LogP contribution >= 0.6 is 0 Å². The van der Waals surface area contributed by atoms with Crippen LogP contribution < -0.4 is 0 Å². The maximum atomic E-state index is 2.44. The van der Waals surface area contributed by atoms with Gasteiger partial charge in [-0.25, -0.2) is 0 Å². The van der Waals surface area contributed by atoms with Gasteiger partial charge in [0, 0.05) is 8.80 Å². The first kappa shape index (κ1) is 12.8. The van der Waals surface area contributed by atoms with E-state index in [9.17, 15) is 0 Å². The molecule has 0 nitrogen and oxygen atoms in total. The summed E-state index contributed by atoms with van der Waals surface area (Å²) in [5.41, 5.74) is 1.53. The zero-order valence-corrected chi connectivity index (χ0v) is 13.8. The highest BCUT2D eigenvalue weighted by Crippen LogP contribution is 2.36. The van der Waals surface area contributed by atoms with Crippen LogP contribution in [0, 0.1) is 0 Å². The monoisotopic (exact) mass is 288 g/mol. The van der Waals surface area contributed by atoms with Crippen LogP contribution in [0.3, 0.4) is 0 Å². The first-order valence-corrected chi connectivity index (χ1v) is 11.0. The van der Waals surface area contributed by atoms with Crippen LogP contribution in [0.15, 0.2) is 54.6 Å². The number of aryl methyl sites for hydroxylation is 1. The number of hydrogen-bond acceptors (Lipinski definition) is 0. The highest BCUT2D eigenvalue weighted by Gasteiger charge is 2.10. The lowest BCUT2D eigenvalue weighted by molar-refractivity contribution is 1.13. The van der Waals surface area contributed by atoms with Crippen LogP contribution in [0.2, 0.25) is 19.1 Å². The summed E-state index contributed by atoms with van der Waals surface area (Å²) in [7, 11) is -0.492. The Morgan fingerprint density at radius 3 is 2.05 bits per heavy atom. The Morgan fingerprint density at radius 1 is 0.714 bits per heavy atom. The van der Waals surface area contributed by atoms with E-state index < -0.39 is 8.80 Å². The molecule has 1 heteroatoms. The fourth-order valence-electron chi connectivity index (χ4n) is 3.46. The molecule has 0 fully saturated rings. The van der Waals surface area contributed by atoms with Gasteiger partial charge in [-0.05, 0) is 44.3 Å². The number of benzene rings is 4. The zero-order valence-electron chi connectivity index (χ0n) is 12.7. The topological polar surface area (TPSA) is 0 Å². The maximum Gasteiger partial charge on any atom is 0.0308 e. The first-order valence-electron chi connectivity index (χ1n) is 7.89. The van der Waals surface area contributed by atoms with Gasteiger partial charge in [-0.15, -0.1) is 0 Å². The minimum atomic E-state index is -0.492. The van der Waals surface area contributed by atoms with E-state index in [2.05, 4.69) is 67.7 Å². The van der Waals surface area contributed by atoms with Crippen LogP contribution in [0.4, 0.5) is 0 Å². The van der Waals surface area contributed by atoms with E-state index >= 15 is 0 Å². The van der Waals surface area contributed by atoms with E-state index in [1.165, 1.54) is 50.3 Å². The van der Waals surface area contributed by atoms with Crippen LogP contribution in [0.5, 0.6) is 0 Å². The Labute approximate surface area is 127 Å². The van der Waals surface area contributed by atoms with E-state index in [1.807, 2.05) is 0 Å². The summed E-state index contributed by atoms with van der Waals surface area (Å²) in [6.07, 6.45) is 1.23. The standard InChI is InChI=1S/C20H20Si/c1-21(2)13-12-14-6-7-17-9-8-15-4-3-5-16-10-11-18(14)20(17)19(15)16/h3-11,21H,12-13H2,1-2H3. The van der Waals surface area contributed by atoms with Crippen molar-refractivity contribution < 1.29 is 0 Å². The molecule has 0 bridgehead atoms. The second-order valence-electron chi connectivity index (χ2n) is 6.51. The smallest absolute Gasteiger partial charge is 0.0308 e. The predicted octanol–water partition coefficient (Wildman–Crippen LogP) is 5.61. The lowest BCUT2D eigenvalue weighted by Gasteiger charge is -2.14. The van der Waals surface area contributed by atoms with Crippen LogP contribution in [-0.4, -0.2) is 8.80 Å². The quantitative estimate of drug-likeness (QED) is 0.339. The summed E-state index contributed by atoms with van der Waals surface area (Å²) in [5, 5.41) is 8.47. The molecule has 0 aromatic heterocycles. The minimum absolute atomic E-state index is 0.492. The molecule has 104 valence electrons. The molecule has 0 unspecified atom stereocenters. The van der Waals surface area contributed by atoms with Crippen molar-refractivity contribution in [2.75, 3.05) is 0 Å². The molecule has 0 spiro atoms. The van der Waals surface area contributed by atoms with Gasteiger partial charge in [0.05, 0.1) is 0 Å². The van der Waals surface area contributed by atoms with Gasteiger partial charge in [-0.2, -0.15) is 0 Å². The van der Waals surface area contributed by atoms with Crippen LogP contribution in [0.1, 0.15) is 5.56 Å². The molecule has 4 aromatic carbocycles. The molecule has 0 aliphatic rings. The summed E-state index contributed by atoms with van der Waals surface area (Å²) < 4.78 is 0. The molecule has 0 aliphatic heterocycles. The summed E-state index contributed by atoms with van der Waals surface area (Å²) in [6, 6.07) is 21.8. The summed E-state index contributed by atoms with van der Waals surface area (Å²) in [5.74, 6) is 0. The first-order chi connectivity index (χ1) is 10.2. The Balaban J connectivity index is 2.06. The van der Waals surface area contributed by atoms with E-state index in [1.54, 1.807) is 0 Å². The molecule has 0 saturated heterocycles. The Hall–Kier alpha value is -1.86. The van der Waals surface area contributed by atoms with Crippen molar-refractivity contribution in [2.24, 2.45) is 0 Å². The molecular weight excluding hydrogens is 268 g/mol. The third kappa shape index (κ3) is 2.04. The third-order valence-corrected chi connectivity index (χ3v) is 6.05. The van der Waals surface area contributed by atoms with Crippen molar-refractivity contribution in [2.45, 2.75) is 25.6 Å². The molecule has 0 saturated carbocycles. The maximum absolute atomic E-state index is 2.44. The van der Waals surface area contributed by atoms with Crippen LogP contribution in [0.25, 0.3) is 32.3 Å². The molecular formula is C20H20Si. The number of rotatable bonds is 3. The fraction of sp³-hybridized carbons (Fsp3) is 0.200. The van der Waals surface area contributed by atoms with E-state index in [-0.39, 0.29) is 0 Å². The summed E-state index contributed by atoms with van der Waals surface area (Å²) in [4.78, 5) is 0. The molecule has 0 radical (unpaired) electrons. The molecule has 21 heavy (non-hydrogen) atoms. The van der Waals surface area contributed by atoms with E-state index in [0.29, 0.717) is 0 Å². The highest BCUT2D eigenvalue weighted by atomic mass is 28.3. The van der Waals surface area contributed by atoms with Gasteiger partial charge in [-0.1, -0.05) is 73.7 Å². The molecule has 0 N–H and O–H groups in total. The second-order valence-corrected chi connectivity index (χ2v) is 9.88. The number of hydrogen-bond donors (Lipinski definition) is 0. The lowest BCUT2D eigenvalue weighted by atomic mass is 9.91. The predicted molar refractivity (Wildman–Crippen MR) is 97.5 cm³/mol. The highest BCUT2D eigenvalue weighted by molar-refractivity contribution is 6.55. The van der Waals surface area contributed by atoms with Crippen molar-refractivity contribution in [1.82, 2.24) is 0 Å². The third-order valence-electron chi connectivity index (χ3n) is 4.61. The van der Waals surface area contributed by atoms with Gasteiger partial charge >= 0.3 is 0 Å². The van der Waals surface area contributed by atoms with Gasteiger partial charge in [0.25, 0.3) is 0 Å². The largest absolute Gasteiger partial charge is 0.0722 e. The van der Waals surface area contributed by atoms with Gasteiger partial charge in [0.1, 0.15) is 0 Å². The lowest BCUT2D eigenvalue weighted by Crippen LogP contribution is -2.01. The average molecular weight is 288 g/mol. The van der Waals surface area contributed by atoms with Crippen molar-refractivity contribution in [3.8, 4) is 0 Å². The molecule has 0 atom stereocenters.